The molecule has 0 bridgehead atoms. The molecule has 38 heavy (non-hydrogen) atoms. The second-order valence-corrected chi connectivity index (χ2v) is 10.1. The zero-order chi connectivity index (χ0) is 26.8. The smallest absolute Gasteiger partial charge is 0.252 e. The number of carbonyl (C=O) groups is 2. The summed E-state index contributed by atoms with van der Waals surface area (Å²) >= 11 is 1.76. The zero-order valence-corrected chi connectivity index (χ0v) is 22.8. The average Bonchev–Trinajstić information content (AvgIpc) is 2.98. The first-order chi connectivity index (χ1) is 18.6. The van der Waals surface area contributed by atoms with Crippen molar-refractivity contribution in [3.05, 3.63) is 131 Å². The second kappa shape index (κ2) is 13.1. The number of aryl methyl sites for hydroxylation is 1. The minimum Gasteiger partial charge on any atom is -0.337 e. The van der Waals surface area contributed by atoms with Crippen LogP contribution in [0.15, 0.2) is 114 Å². The van der Waals surface area contributed by atoms with Crippen LogP contribution >= 0.6 is 11.8 Å². The lowest BCUT2D eigenvalue weighted by atomic mass is 9.77. The molecule has 0 saturated carbocycles. The number of anilines is 1. The molecule has 194 valence electrons. The number of hydrogen-bond donors (Lipinski definition) is 2. The number of benzene rings is 4. The van der Waals surface area contributed by atoms with Crippen LogP contribution in [0.4, 0.5) is 5.69 Å². The number of fused-ring (bicyclic) bond motifs is 1. The van der Waals surface area contributed by atoms with Crippen molar-refractivity contribution in [2.24, 2.45) is 0 Å². The molecular weight excluding hydrogens is 488 g/mol. The van der Waals surface area contributed by atoms with Gasteiger partial charge in [0.25, 0.3) is 5.91 Å². The number of rotatable bonds is 7. The number of hydrogen-bond acceptors (Lipinski definition) is 3. The predicted molar refractivity (Wildman–Crippen MR) is 158 cm³/mol. The molecule has 0 aliphatic heterocycles. The Labute approximate surface area is 229 Å². The van der Waals surface area contributed by atoms with Crippen LogP contribution in [0.25, 0.3) is 0 Å². The van der Waals surface area contributed by atoms with Crippen LogP contribution in [0, 0.1) is 0 Å². The van der Waals surface area contributed by atoms with E-state index >= 15 is 0 Å². The Kier molecular flexibility index (Phi) is 9.39. The number of thioether (sulfide) groups is 1. The highest BCUT2D eigenvalue weighted by atomic mass is 32.2. The van der Waals surface area contributed by atoms with Gasteiger partial charge >= 0.3 is 0 Å². The Morgan fingerprint density at radius 3 is 2.05 bits per heavy atom. The van der Waals surface area contributed by atoms with E-state index in [1.165, 1.54) is 11.1 Å². The molecule has 0 spiro atoms. The summed E-state index contributed by atoms with van der Waals surface area (Å²) in [6, 6.07) is 35.5. The standard InChI is InChI=1S/C31H28N2O2S.C2H6/c34-29(25-12-5-2-6-13-25)33-31(20-19-24-11-7-8-14-26(24)21-31)30(35)32-27-15-17-28(18-16-27)36-22-23-9-3-1-4-10-23;1-2/h1-18H,19-22H2,(H,32,35)(H,33,34);1-2H3. The molecule has 1 unspecified atom stereocenters. The molecule has 5 rings (SSSR count). The van der Waals surface area contributed by atoms with E-state index in [1.807, 2.05) is 92.7 Å². The Bertz CT molecular complexity index is 1340. The Balaban J connectivity index is 0.00000164. The molecule has 0 saturated heterocycles. The van der Waals surface area contributed by atoms with Crippen LogP contribution in [0.3, 0.4) is 0 Å². The number of carbonyl (C=O) groups excluding carboxylic acids is 2. The van der Waals surface area contributed by atoms with Crippen molar-refractivity contribution in [3.63, 3.8) is 0 Å². The molecule has 2 amide bonds. The minimum atomic E-state index is -1.03. The summed E-state index contributed by atoms with van der Waals surface area (Å²) < 4.78 is 0. The lowest BCUT2D eigenvalue weighted by Gasteiger charge is -2.37. The maximum atomic E-state index is 13.7. The summed E-state index contributed by atoms with van der Waals surface area (Å²) in [6.45, 7) is 4.00. The van der Waals surface area contributed by atoms with E-state index in [4.69, 9.17) is 0 Å². The van der Waals surface area contributed by atoms with Gasteiger partial charge in [-0.15, -0.1) is 11.8 Å². The maximum absolute atomic E-state index is 13.7. The summed E-state index contributed by atoms with van der Waals surface area (Å²) in [7, 11) is 0. The van der Waals surface area contributed by atoms with Crippen molar-refractivity contribution < 1.29 is 9.59 Å². The summed E-state index contributed by atoms with van der Waals surface area (Å²) in [4.78, 5) is 28.0. The quantitative estimate of drug-likeness (QED) is 0.250. The molecule has 1 aliphatic carbocycles. The first kappa shape index (κ1) is 27.2. The van der Waals surface area contributed by atoms with Gasteiger partial charge in [0.2, 0.25) is 5.91 Å². The number of nitrogens with one attached hydrogen (secondary N) is 2. The molecule has 1 aliphatic rings. The van der Waals surface area contributed by atoms with Crippen molar-refractivity contribution >= 4 is 29.3 Å². The van der Waals surface area contributed by atoms with Gasteiger partial charge in [-0.2, -0.15) is 0 Å². The van der Waals surface area contributed by atoms with Crippen LogP contribution in [0.2, 0.25) is 0 Å². The molecule has 5 heteroatoms. The maximum Gasteiger partial charge on any atom is 0.252 e. The molecule has 1 atom stereocenters. The lowest BCUT2D eigenvalue weighted by molar-refractivity contribution is -0.122. The molecular formula is C33H34N2O2S. The molecule has 4 aromatic rings. The van der Waals surface area contributed by atoms with Crippen LogP contribution in [0.1, 0.15) is 47.3 Å². The summed E-state index contributed by atoms with van der Waals surface area (Å²) in [6.07, 6.45) is 1.73. The third kappa shape index (κ3) is 6.73. The summed E-state index contributed by atoms with van der Waals surface area (Å²) in [5, 5.41) is 6.18. The molecule has 4 nitrogen and oxygen atoms in total. The Morgan fingerprint density at radius 2 is 1.37 bits per heavy atom. The van der Waals surface area contributed by atoms with E-state index in [0.29, 0.717) is 18.4 Å². The van der Waals surface area contributed by atoms with Crippen molar-refractivity contribution in [2.45, 2.75) is 49.3 Å². The van der Waals surface area contributed by atoms with E-state index in [0.717, 1.165) is 28.3 Å². The van der Waals surface area contributed by atoms with Crippen molar-refractivity contribution in [1.82, 2.24) is 5.32 Å². The fourth-order valence-electron chi connectivity index (χ4n) is 4.60. The highest BCUT2D eigenvalue weighted by Gasteiger charge is 2.42. The van der Waals surface area contributed by atoms with Gasteiger partial charge in [-0.05, 0) is 65.9 Å². The van der Waals surface area contributed by atoms with Gasteiger partial charge in [0.1, 0.15) is 5.54 Å². The average molecular weight is 523 g/mol. The van der Waals surface area contributed by atoms with Crippen molar-refractivity contribution in [3.8, 4) is 0 Å². The molecule has 0 radical (unpaired) electrons. The second-order valence-electron chi connectivity index (χ2n) is 9.10. The van der Waals surface area contributed by atoms with Crippen molar-refractivity contribution in [2.75, 3.05) is 5.32 Å². The van der Waals surface area contributed by atoms with Gasteiger partial charge in [-0.25, -0.2) is 0 Å². The van der Waals surface area contributed by atoms with E-state index in [-0.39, 0.29) is 11.8 Å². The normalized spacial score (nSPS) is 15.8. The van der Waals surface area contributed by atoms with Gasteiger partial charge in [-0.1, -0.05) is 86.6 Å². The minimum absolute atomic E-state index is 0.189. The van der Waals surface area contributed by atoms with E-state index in [2.05, 4.69) is 28.8 Å². The van der Waals surface area contributed by atoms with Crippen LogP contribution in [-0.4, -0.2) is 17.4 Å². The van der Waals surface area contributed by atoms with E-state index < -0.39 is 5.54 Å². The van der Waals surface area contributed by atoms with Gasteiger partial charge in [-0.3, -0.25) is 9.59 Å². The third-order valence-electron chi connectivity index (χ3n) is 6.62. The van der Waals surface area contributed by atoms with Gasteiger partial charge in [0, 0.05) is 28.3 Å². The molecule has 2 N–H and O–H groups in total. The lowest BCUT2D eigenvalue weighted by Crippen LogP contribution is -2.59. The summed E-state index contributed by atoms with van der Waals surface area (Å²) in [5.41, 5.74) is 3.84. The van der Waals surface area contributed by atoms with Crippen LogP contribution < -0.4 is 10.6 Å². The highest BCUT2D eigenvalue weighted by molar-refractivity contribution is 7.98. The SMILES string of the molecule is CC.O=C(NC1(C(=O)Nc2ccc(SCc3ccccc3)cc2)CCc2ccccc2C1)c1ccccc1. The van der Waals surface area contributed by atoms with Gasteiger partial charge in [0.05, 0.1) is 0 Å². The van der Waals surface area contributed by atoms with Crippen molar-refractivity contribution in [1.29, 1.82) is 0 Å². The van der Waals surface area contributed by atoms with E-state index in [9.17, 15) is 9.59 Å². The molecule has 0 aromatic heterocycles. The Hall–Kier alpha value is -3.83. The molecule has 0 heterocycles. The van der Waals surface area contributed by atoms with E-state index in [1.54, 1.807) is 23.9 Å². The van der Waals surface area contributed by atoms with Crippen LogP contribution in [0.5, 0.6) is 0 Å². The van der Waals surface area contributed by atoms with Gasteiger partial charge in [0.15, 0.2) is 0 Å². The number of amides is 2. The zero-order valence-electron chi connectivity index (χ0n) is 21.9. The fraction of sp³-hybridized carbons (Fsp3) is 0.212. The summed E-state index contributed by atoms with van der Waals surface area (Å²) in [5.74, 6) is 0.462. The third-order valence-corrected chi connectivity index (χ3v) is 7.70. The molecule has 4 aromatic carbocycles. The first-order valence-electron chi connectivity index (χ1n) is 13.1. The predicted octanol–water partition coefficient (Wildman–Crippen LogP) is 7.30. The monoisotopic (exact) mass is 522 g/mol. The van der Waals surface area contributed by atoms with Gasteiger partial charge < -0.3 is 10.6 Å². The molecule has 0 fully saturated rings. The first-order valence-corrected chi connectivity index (χ1v) is 14.1. The van der Waals surface area contributed by atoms with Crippen LogP contribution in [-0.2, 0) is 23.4 Å². The highest BCUT2D eigenvalue weighted by Crippen LogP contribution is 2.31. The fourth-order valence-corrected chi connectivity index (χ4v) is 5.45. The topological polar surface area (TPSA) is 58.2 Å². The Morgan fingerprint density at radius 1 is 0.763 bits per heavy atom. The largest absolute Gasteiger partial charge is 0.337 e.